The van der Waals surface area contributed by atoms with Crippen LogP contribution in [-0.2, 0) is 15.8 Å². The Bertz CT molecular complexity index is 1400. The average Bonchev–Trinajstić information content (AvgIpc) is 3.17. The average molecular weight is 527 g/mol. The van der Waals surface area contributed by atoms with Crippen LogP contribution >= 0.6 is 0 Å². The predicted molar refractivity (Wildman–Crippen MR) is 137 cm³/mol. The maximum atomic E-state index is 13.4. The Hall–Kier alpha value is -4.47. The van der Waals surface area contributed by atoms with Crippen molar-refractivity contribution < 1.29 is 37.3 Å². The molecule has 0 saturated carbocycles. The number of Topliss-reactive ketones (excluding diaryl/α,β-unsaturated/α-hetero) is 1. The summed E-state index contributed by atoms with van der Waals surface area (Å²) >= 11 is 0. The molecule has 0 bridgehead atoms. The van der Waals surface area contributed by atoms with Crippen molar-refractivity contribution >= 4 is 28.8 Å². The van der Waals surface area contributed by atoms with Gasteiger partial charge in [0.05, 0.1) is 37.0 Å². The van der Waals surface area contributed by atoms with Crippen molar-refractivity contribution in [3.05, 3.63) is 89.0 Å². The van der Waals surface area contributed by atoms with Crippen LogP contribution in [0.25, 0.3) is 5.76 Å². The number of hydrogen-bond donors (Lipinski definition) is 1. The molecule has 0 aliphatic carbocycles. The monoisotopic (exact) mass is 526 g/mol. The highest BCUT2D eigenvalue weighted by Crippen LogP contribution is 2.44. The van der Waals surface area contributed by atoms with Gasteiger partial charge in [0.15, 0.2) is 0 Å². The lowest BCUT2D eigenvalue weighted by atomic mass is 9.94. The van der Waals surface area contributed by atoms with Crippen LogP contribution in [-0.4, -0.2) is 45.1 Å². The molecule has 198 valence electrons. The number of hydrogen-bond acceptors (Lipinski definition) is 6. The Morgan fingerprint density at radius 3 is 2.08 bits per heavy atom. The van der Waals surface area contributed by atoms with Crippen LogP contribution in [0.1, 0.15) is 22.7 Å². The summed E-state index contributed by atoms with van der Waals surface area (Å²) in [5.74, 6) is -1.89. The van der Waals surface area contributed by atoms with E-state index in [-0.39, 0.29) is 22.6 Å². The lowest BCUT2D eigenvalue weighted by molar-refractivity contribution is -0.137. The molecule has 4 rings (SSSR count). The number of anilines is 2. The summed E-state index contributed by atoms with van der Waals surface area (Å²) in [5.41, 5.74) is 0.364. The molecule has 1 atom stereocenters. The quantitative estimate of drug-likeness (QED) is 0.263. The molecule has 1 unspecified atom stereocenters. The van der Waals surface area contributed by atoms with Crippen molar-refractivity contribution in [3.63, 3.8) is 0 Å². The molecule has 1 amide bonds. The third kappa shape index (κ3) is 4.77. The van der Waals surface area contributed by atoms with Crippen molar-refractivity contribution in [2.24, 2.45) is 0 Å². The summed E-state index contributed by atoms with van der Waals surface area (Å²) in [6.07, 6.45) is -4.57. The van der Waals surface area contributed by atoms with E-state index in [0.717, 1.165) is 34.9 Å². The maximum absolute atomic E-state index is 13.4. The molecule has 10 heteroatoms. The van der Waals surface area contributed by atoms with Crippen LogP contribution in [0.5, 0.6) is 11.5 Å². The van der Waals surface area contributed by atoms with Gasteiger partial charge in [0, 0.05) is 25.5 Å². The number of carbonyl (C=O) groups excluding carboxylic acids is 2. The number of aliphatic hydroxyl groups is 1. The summed E-state index contributed by atoms with van der Waals surface area (Å²) in [6, 6.07) is 14.3. The third-order valence-corrected chi connectivity index (χ3v) is 6.30. The number of alkyl halides is 3. The molecule has 3 aromatic rings. The van der Waals surface area contributed by atoms with Crippen molar-refractivity contribution in [1.82, 2.24) is 0 Å². The number of halogens is 3. The van der Waals surface area contributed by atoms with Crippen molar-refractivity contribution in [2.45, 2.75) is 12.2 Å². The van der Waals surface area contributed by atoms with Gasteiger partial charge in [-0.05, 0) is 60.2 Å². The zero-order valence-electron chi connectivity index (χ0n) is 21.0. The molecular formula is C28H25F3N2O5. The summed E-state index contributed by atoms with van der Waals surface area (Å²) in [6.45, 7) is 0. The van der Waals surface area contributed by atoms with Gasteiger partial charge in [-0.15, -0.1) is 0 Å². The molecule has 1 fully saturated rings. The fraction of sp³-hybridized carbons (Fsp3) is 0.214. The topological polar surface area (TPSA) is 79.3 Å². The van der Waals surface area contributed by atoms with E-state index in [1.54, 1.807) is 36.4 Å². The zero-order valence-corrected chi connectivity index (χ0v) is 21.0. The molecule has 0 aromatic heterocycles. The van der Waals surface area contributed by atoms with E-state index >= 15 is 0 Å². The number of benzene rings is 3. The third-order valence-electron chi connectivity index (χ3n) is 6.30. The Kier molecular flexibility index (Phi) is 7.08. The number of rotatable bonds is 6. The Balaban J connectivity index is 1.94. The molecule has 0 radical (unpaired) electrons. The molecule has 1 aliphatic rings. The summed E-state index contributed by atoms with van der Waals surface area (Å²) in [7, 11) is 6.51. The van der Waals surface area contributed by atoms with Crippen LogP contribution in [0, 0.1) is 0 Å². The van der Waals surface area contributed by atoms with E-state index in [1.165, 1.54) is 20.3 Å². The smallest absolute Gasteiger partial charge is 0.416 e. The van der Waals surface area contributed by atoms with Gasteiger partial charge in [0.25, 0.3) is 11.7 Å². The van der Waals surface area contributed by atoms with Crippen molar-refractivity contribution in [1.29, 1.82) is 0 Å². The maximum Gasteiger partial charge on any atom is 0.416 e. The molecule has 1 saturated heterocycles. The Labute approximate surface area is 217 Å². The van der Waals surface area contributed by atoms with Crippen LogP contribution in [0.2, 0.25) is 0 Å². The Morgan fingerprint density at radius 2 is 1.55 bits per heavy atom. The summed E-state index contributed by atoms with van der Waals surface area (Å²) in [5, 5.41) is 11.4. The van der Waals surface area contributed by atoms with Gasteiger partial charge >= 0.3 is 6.18 Å². The highest BCUT2D eigenvalue weighted by Gasteiger charge is 2.47. The van der Waals surface area contributed by atoms with Crippen LogP contribution in [0.15, 0.2) is 72.3 Å². The first-order valence-electron chi connectivity index (χ1n) is 11.5. The Morgan fingerprint density at radius 1 is 0.921 bits per heavy atom. The predicted octanol–water partition coefficient (Wildman–Crippen LogP) is 5.41. The SMILES string of the molecule is COc1ccc(OC)c(/C(O)=C2\C(=O)C(=O)N(c3ccc(C(F)(F)F)cc3)C2c2ccc(N(C)C)cc2)c1. The number of methoxy groups -OCH3 is 2. The van der Waals surface area contributed by atoms with E-state index in [0.29, 0.717) is 11.3 Å². The lowest BCUT2D eigenvalue weighted by Crippen LogP contribution is -2.29. The number of ether oxygens (including phenoxy) is 2. The van der Waals surface area contributed by atoms with E-state index in [1.807, 2.05) is 19.0 Å². The van der Waals surface area contributed by atoms with Gasteiger partial charge in [-0.3, -0.25) is 14.5 Å². The standard InChI is InChI=1S/C28H25F3N2O5/c1-32(2)18-9-5-16(6-10-18)24-23(25(34)21-15-20(37-3)13-14-22(21)38-4)26(35)27(36)33(24)19-11-7-17(8-12-19)28(29,30)31/h5-15,24,34H,1-4H3/b25-23+. The second-order valence-corrected chi connectivity index (χ2v) is 8.77. The normalized spacial score (nSPS) is 17.0. The second kappa shape index (κ2) is 10.1. The number of nitrogens with zero attached hydrogens (tertiary/aromatic N) is 2. The van der Waals surface area contributed by atoms with E-state index in [2.05, 4.69) is 0 Å². The number of ketones is 1. The van der Waals surface area contributed by atoms with Gasteiger partial charge in [-0.2, -0.15) is 13.2 Å². The zero-order chi connectivity index (χ0) is 27.8. The van der Waals surface area contributed by atoms with Crippen LogP contribution < -0.4 is 19.3 Å². The number of amides is 1. The molecule has 1 aliphatic heterocycles. The summed E-state index contributed by atoms with van der Waals surface area (Å²) < 4.78 is 50.1. The molecule has 7 nitrogen and oxygen atoms in total. The van der Waals surface area contributed by atoms with Crippen LogP contribution in [0.4, 0.5) is 24.5 Å². The fourth-order valence-electron chi connectivity index (χ4n) is 4.32. The van der Waals surface area contributed by atoms with Gasteiger partial charge in [-0.1, -0.05) is 12.1 Å². The molecule has 0 spiro atoms. The number of aliphatic hydroxyl groups excluding tert-OH is 1. The first-order valence-corrected chi connectivity index (χ1v) is 11.5. The number of carbonyl (C=O) groups is 2. The highest BCUT2D eigenvalue weighted by molar-refractivity contribution is 6.51. The van der Waals surface area contributed by atoms with Gasteiger partial charge in [0.1, 0.15) is 17.3 Å². The first kappa shape index (κ1) is 26.6. The minimum Gasteiger partial charge on any atom is -0.507 e. The lowest BCUT2D eigenvalue weighted by Gasteiger charge is -2.26. The molecule has 1 N–H and O–H groups in total. The molecule has 3 aromatic carbocycles. The minimum atomic E-state index is -4.57. The second-order valence-electron chi connectivity index (χ2n) is 8.77. The molecule has 38 heavy (non-hydrogen) atoms. The van der Waals surface area contributed by atoms with Gasteiger partial charge in [0.2, 0.25) is 0 Å². The van der Waals surface area contributed by atoms with E-state index in [4.69, 9.17) is 9.47 Å². The molecular weight excluding hydrogens is 501 g/mol. The molecule has 1 heterocycles. The fourth-order valence-corrected chi connectivity index (χ4v) is 4.32. The van der Waals surface area contributed by atoms with Crippen molar-refractivity contribution in [3.8, 4) is 11.5 Å². The largest absolute Gasteiger partial charge is 0.507 e. The van der Waals surface area contributed by atoms with Crippen molar-refractivity contribution in [2.75, 3.05) is 38.1 Å². The van der Waals surface area contributed by atoms with Gasteiger partial charge < -0.3 is 19.5 Å². The highest BCUT2D eigenvalue weighted by atomic mass is 19.4. The minimum absolute atomic E-state index is 0.0680. The van der Waals surface area contributed by atoms with Gasteiger partial charge in [-0.25, -0.2) is 0 Å². The van der Waals surface area contributed by atoms with Crippen LogP contribution in [0.3, 0.4) is 0 Å². The van der Waals surface area contributed by atoms with E-state index < -0.39 is 35.2 Å². The van der Waals surface area contributed by atoms with E-state index in [9.17, 15) is 27.9 Å². The summed E-state index contributed by atoms with van der Waals surface area (Å²) in [4.78, 5) is 29.6. The first-order chi connectivity index (χ1) is 18.0.